The Bertz CT molecular complexity index is 532. The molecule has 0 amide bonds. The molecule has 5 heteroatoms. The number of aryl methyl sites for hydroxylation is 1. The second-order valence-electron chi connectivity index (χ2n) is 5.08. The highest BCUT2D eigenvalue weighted by Crippen LogP contribution is 2.19. The molecule has 0 fully saturated rings. The molecule has 1 atom stereocenters. The smallest absolute Gasteiger partial charge is 0.118 e. The van der Waals surface area contributed by atoms with Gasteiger partial charge in [0.25, 0.3) is 0 Å². The van der Waals surface area contributed by atoms with Crippen LogP contribution in [0.3, 0.4) is 0 Å². The molecule has 0 bridgehead atoms. The number of benzene rings is 1. The molecule has 0 spiro atoms. The van der Waals surface area contributed by atoms with E-state index in [1.54, 1.807) is 11.8 Å². The van der Waals surface area contributed by atoms with Crippen molar-refractivity contribution in [3.05, 3.63) is 41.7 Å². The summed E-state index contributed by atoms with van der Waals surface area (Å²) in [5, 5.41) is 18.3. The van der Waals surface area contributed by atoms with E-state index in [9.17, 15) is 5.11 Å². The standard InChI is InChI=1S/C14H19N3O2/c1-14(18,9-12-10-17(2)16-15-12)8-11-4-6-13(19-3)7-5-11/h4-7,10,18H,8-9H2,1-3H3. The lowest BCUT2D eigenvalue weighted by Crippen LogP contribution is -2.30. The average molecular weight is 261 g/mol. The minimum atomic E-state index is -0.843. The molecule has 1 N–H and O–H groups in total. The van der Waals surface area contributed by atoms with Crippen molar-refractivity contribution in [2.45, 2.75) is 25.4 Å². The first-order valence-corrected chi connectivity index (χ1v) is 6.19. The molecule has 0 saturated carbocycles. The third-order valence-corrected chi connectivity index (χ3v) is 2.96. The molecular weight excluding hydrogens is 242 g/mol. The summed E-state index contributed by atoms with van der Waals surface area (Å²) in [6.07, 6.45) is 2.86. The summed E-state index contributed by atoms with van der Waals surface area (Å²) in [6.45, 7) is 1.81. The second kappa shape index (κ2) is 5.40. The van der Waals surface area contributed by atoms with Crippen molar-refractivity contribution < 1.29 is 9.84 Å². The molecular formula is C14H19N3O2. The molecule has 1 aromatic heterocycles. The van der Waals surface area contributed by atoms with E-state index in [0.717, 1.165) is 17.0 Å². The lowest BCUT2D eigenvalue weighted by atomic mass is 9.92. The minimum absolute atomic E-state index is 0.479. The number of rotatable bonds is 5. The van der Waals surface area contributed by atoms with E-state index in [0.29, 0.717) is 12.8 Å². The van der Waals surface area contributed by atoms with E-state index in [2.05, 4.69) is 10.3 Å². The highest BCUT2D eigenvalue weighted by Gasteiger charge is 2.23. The number of ether oxygens (including phenoxy) is 1. The van der Waals surface area contributed by atoms with Gasteiger partial charge in [-0.15, -0.1) is 5.10 Å². The summed E-state index contributed by atoms with van der Waals surface area (Å²) in [5.41, 5.74) is 1.01. The van der Waals surface area contributed by atoms with Crippen molar-refractivity contribution in [2.24, 2.45) is 7.05 Å². The molecule has 2 aromatic rings. The SMILES string of the molecule is COc1ccc(CC(C)(O)Cc2cn(C)nn2)cc1. The third-order valence-electron chi connectivity index (χ3n) is 2.96. The van der Waals surface area contributed by atoms with Crippen LogP contribution in [-0.4, -0.2) is 32.8 Å². The second-order valence-corrected chi connectivity index (χ2v) is 5.08. The molecule has 0 aliphatic carbocycles. The molecule has 19 heavy (non-hydrogen) atoms. The Balaban J connectivity index is 2.03. The first kappa shape index (κ1) is 13.5. The van der Waals surface area contributed by atoms with Crippen molar-refractivity contribution in [3.63, 3.8) is 0 Å². The third kappa shape index (κ3) is 3.79. The van der Waals surface area contributed by atoms with Crippen molar-refractivity contribution >= 4 is 0 Å². The molecule has 0 radical (unpaired) electrons. The fourth-order valence-corrected chi connectivity index (χ4v) is 2.11. The number of hydrogen-bond donors (Lipinski definition) is 1. The van der Waals surface area contributed by atoms with Crippen molar-refractivity contribution in [1.29, 1.82) is 0 Å². The van der Waals surface area contributed by atoms with Crippen molar-refractivity contribution in [1.82, 2.24) is 15.0 Å². The number of aliphatic hydroxyl groups is 1. The van der Waals surface area contributed by atoms with Crippen LogP contribution >= 0.6 is 0 Å². The summed E-state index contributed by atoms with van der Waals surface area (Å²) in [6, 6.07) is 7.72. The topological polar surface area (TPSA) is 60.2 Å². The first-order chi connectivity index (χ1) is 8.98. The average Bonchev–Trinajstić information content (AvgIpc) is 2.74. The van der Waals surface area contributed by atoms with Gasteiger partial charge in [0.15, 0.2) is 0 Å². The number of hydrogen-bond acceptors (Lipinski definition) is 4. The Morgan fingerprint density at radius 1 is 1.26 bits per heavy atom. The predicted molar refractivity (Wildman–Crippen MR) is 72.0 cm³/mol. The van der Waals surface area contributed by atoms with E-state index in [1.807, 2.05) is 44.4 Å². The van der Waals surface area contributed by atoms with E-state index in [4.69, 9.17) is 4.74 Å². The quantitative estimate of drug-likeness (QED) is 0.883. The van der Waals surface area contributed by atoms with Crippen molar-refractivity contribution in [3.8, 4) is 5.75 Å². The summed E-state index contributed by atoms with van der Waals surface area (Å²) in [4.78, 5) is 0. The molecule has 2 rings (SSSR count). The van der Waals surface area contributed by atoms with Gasteiger partial charge >= 0.3 is 0 Å². The van der Waals surface area contributed by atoms with Crippen LogP contribution < -0.4 is 4.74 Å². The van der Waals surface area contributed by atoms with Gasteiger partial charge in [0, 0.05) is 26.1 Å². The minimum Gasteiger partial charge on any atom is -0.497 e. The van der Waals surface area contributed by atoms with E-state index in [1.165, 1.54) is 0 Å². The molecule has 1 unspecified atom stereocenters. The van der Waals surface area contributed by atoms with Gasteiger partial charge in [-0.3, -0.25) is 4.68 Å². The van der Waals surface area contributed by atoms with Crippen LogP contribution in [0.5, 0.6) is 5.75 Å². The molecule has 0 aliphatic heterocycles. The summed E-state index contributed by atoms with van der Waals surface area (Å²) in [7, 11) is 3.45. The van der Waals surface area contributed by atoms with Gasteiger partial charge in [0.1, 0.15) is 5.75 Å². The lowest BCUT2D eigenvalue weighted by Gasteiger charge is -2.22. The summed E-state index contributed by atoms with van der Waals surface area (Å²) >= 11 is 0. The summed E-state index contributed by atoms with van der Waals surface area (Å²) in [5.74, 6) is 0.817. The zero-order valence-corrected chi connectivity index (χ0v) is 11.5. The maximum absolute atomic E-state index is 10.4. The van der Waals surface area contributed by atoms with Gasteiger partial charge in [-0.2, -0.15) is 0 Å². The Kier molecular flexibility index (Phi) is 3.85. The van der Waals surface area contributed by atoms with E-state index >= 15 is 0 Å². The number of methoxy groups -OCH3 is 1. The monoisotopic (exact) mass is 261 g/mol. The fourth-order valence-electron chi connectivity index (χ4n) is 2.11. The Morgan fingerprint density at radius 3 is 2.47 bits per heavy atom. The number of aromatic nitrogens is 3. The number of nitrogens with zero attached hydrogens (tertiary/aromatic N) is 3. The molecule has 0 aliphatic rings. The molecule has 102 valence electrons. The van der Waals surface area contributed by atoms with Crippen LogP contribution in [0, 0.1) is 0 Å². The normalized spacial score (nSPS) is 14.1. The maximum Gasteiger partial charge on any atom is 0.118 e. The molecule has 0 saturated heterocycles. The Labute approximate surface area is 112 Å². The van der Waals surface area contributed by atoms with E-state index in [-0.39, 0.29) is 0 Å². The predicted octanol–water partition coefficient (Wildman–Crippen LogP) is 1.36. The zero-order valence-electron chi connectivity index (χ0n) is 11.5. The molecule has 5 nitrogen and oxygen atoms in total. The van der Waals surface area contributed by atoms with Gasteiger partial charge in [-0.05, 0) is 24.6 Å². The fraction of sp³-hybridized carbons (Fsp3) is 0.429. The van der Waals surface area contributed by atoms with Crippen LogP contribution in [-0.2, 0) is 19.9 Å². The van der Waals surface area contributed by atoms with Gasteiger partial charge in [0.2, 0.25) is 0 Å². The van der Waals surface area contributed by atoms with Crippen LogP contribution in [0.4, 0.5) is 0 Å². The highest BCUT2D eigenvalue weighted by molar-refractivity contribution is 5.28. The van der Waals surface area contributed by atoms with Crippen LogP contribution in [0.15, 0.2) is 30.5 Å². The summed E-state index contributed by atoms with van der Waals surface area (Å²) < 4.78 is 6.75. The zero-order chi connectivity index (χ0) is 13.9. The molecule has 1 aromatic carbocycles. The van der Waals surface area contributed by atoms with Gasteiger partial charge in [-0.25, -0.2) is 0 Å². The van der Waals surface area contributed by atoms with Crippen LogP contribution in [0.2, 0.25) is 0 Å². The van der Waals surface area contributed by atoms with Crippen LogP contribution in [0.1, 0.15) is 18.2 Å². The highest BCUT2D eigenvalue weighted by atomic mass is 16.5. The lowest BCUT2D eigenvalue weighted by molar-refractivity contribution is 0.0598. The van der Waals surface area contributed by atoms with Gasteiger partial charge in [-0.1, -0.05) is 17.3 Å². The van der Waals surface area contributed by atoms with Gasteiger partial charge < -0.3 is 9.84 Å². The van der Waals surface area contributed by atoms with Gasteiger partial charge in [0.05, 0.1) is 18.4 Å². The first-order valence-electron chi connectivity index (χ1n) is 6.19. The Morgan fingerprint density at radius 2 is 1.95 bits per heavy atom. The maximum atomic E-state index is 10.4. The molecule has 1 heterocycles. The van der Waals surface area contributed by atoms with Crippen LogP contribution in [0.25, 0.3) is 0 Å². The Hall–Kier alpha value is -1.88. The van der Waals surface area contributed by atoms with Crippen molar-refractivity contribution in [2.75, 3.05) is 7.11 Å². The van der Waals surface area contributed by atoms with E-state index < -0.39 is 5.60 Å². The largest absolute Gasteiger partial charge is 0.497 e.